The number of rotatable bonds is 9. The van der Waals surface area contributed by atoms with Gasteiger partial charge in [-0.25, -0.2) is 9.37 Å². The van der Waals surface area contributed by atoms with E-state index in [1.807, 2.05) is 6.07 Å². The van der Waals surface area contributed by atoms with Crippen molar-refractivity contribution in [3.05, 3.63) is 71.4 Å². The number of hydrogen-bond donors (Lipinski definition) is 1. The van der Waals surface area contributed by atoms with Gasteiger partial charge in [-0.15, -0.1) is 0 Å². The van der Waals surface area contributed by atoms with Gasteiger partial charge in [-0.2, -0.15) is 0 Å². The number of piperidine rings is 1. The van der Waals surface area contributed by atoms with Gasteiger partial charge in [-0.05, 0) is 105 Å². The number of carbonyl (C=O) groups is 1. The summed E-state index contributed by atoms with van der Waals surface area (Å²) < 4.78 is 16.5. The van der Waals surface area contributed by atoms with E-state index in [4.69, 9.17) is 4.98 Å². The molecule has 4 atom stereocenters. The Balaban J connectivity index is 1.17. The molecule has 1 aliphatic heterocycles. The lowest BCUT2D eigenvalue weighted by Gasteiger charge is -2.35. The summed E-state index contributed by atoms with van der Waals surface area (Å²) in [6.07, 6.45) is 10.3. The number of carboxylic acid groups (broad SMARTS) is 1. The van der Waals surface area contributed by atoms with E-state index in [-0.39, 0.29) is 23.6 Å². The van der Waals surface area contributed by atoms with Gasteiger partial charge in [0, 0.05) is 24.4 Å². The fourth-order valence-electron chi connectivity index (χ4n) is 7.53. The molecular formula is C32H40FN3O2. The van der Waals surface area contributed by atoms with Crippen LogP contribution in [0.3, 0.4) is 0 Å². The first-order chi connectivity index (χ1) is 18.5. The molecule has 3 fully saturated rings. The molecule has 3 aromatic rings. The Morgan fingerprint density at radius 2 is 1.92 bits per heavy atom. The Kier molecular flexibility index (Phi) is 7.26. The summed E-state index contributed by atoms with van der Waals surface area (Å²) in [6, 6.07) is 13.3. The zero-order chi connectivity index (χ0) is 26.2. The van der Waals surface area contributed by atoms with Gasteiger partial charge in [0.05, 0.1) is 11.6 Å². The first kappa shape index (κ1) is 25.5. The van der Waals surface area contributed by atoms with Gasteiger partial charge in [-0.1, -0.05) is 38.0 Å². The molecule has 5 nitrogen and oxygen atoms in total. The van der Waals surface area contributed by atoms with Crippen LogP contribution in [0.2, 0.25) is 0 Å². The number of pyridine rings is 1. The van der Waals surface area contributed by atoms with E-state index in [1.54, 1.807) is 12.1 Å². The van der Waals surface area contributed by atoms with Crippen molar-refractivity contribution in [1.82, 2.24) is 14.3 Å². The van der Waals surface area contributed by atoms with E-state index in [0.29, 0.717) is 17.8 Å². The summed E-state index contributed by atoms with van der Waals surface area (Å²) in [4.78, 5) is 19.7. The summed E-state index contributed by atoms with van der Waals surface area (Å²) >= 11 is 0. The first-order valence-corrected chi connectivity index (χ1v) is 14.7. The smallest absolute Gasteiger partial charge is 0.306 e. The summed E-state index contributed by atoms with van der Waals surface area (Å²) in [6.45, 7) is 5.23. The fraction of sp³-hybridized carbons (Fsp3) is 0.562. The lowest BCUT2D eigenvalue weighted by Crippen LogP contribution is -2.37. The van der Waals surface area contributed by atoms with Crippen molar-refractivity contribution in [2.45, 2.75) is 70.1 Å². The third-order valence-electron chi connectivity index (χ3n) is 9.62. The molecule has 0 spiro atoms. The van der Waals surface area contributed by atoms with Crippen molar-refractivity contribution in [2.75, 3.05) is 19.6 Å². The molecule has 1 saturated heterocycles. The van der Waals surface area contributed by atoms with Crippen LogP contribution in [0.4, 0.5) is 4.39 Å². The highest BCUT2D eigenvalue weighted by Gasteiger charge is 2.43. The van der Waals surface area contributed by atoms with Crippen molar-refractivity contribution in [3.63, 3.8) is 0 Å². The monoisotopic (exact) mass is 517 g/mol. The van der Waals surface area contributed by atoms with Crippen LogP contribution in [0.15, 0.2) is 48.7 Å². The Labute approximate surface area is 225 Å². The van der Waals surface area contributed by atoms with Gasteiger partial charge in [0.1, 0.15) is 11.5 Å². The zero-order valence-electron chi connectivity index (χ0n) is 22.4. The fourth-order valence-corrected chi connectivity index (χ4v) is 7.53. The van der Waals surface area contributed by atoms with Gasteiger partial charge >= 0.3 is 5.97 Å². The minimum Gasteiger partial charge on any atom is -0.481 e. The van der Waals surface area contributed by atoms with Crippen molar-refractivity contribution in [3.8, 4) is 0 Å². The molecule has 0 bridgehead atoms. The highest BCUT2D eigenvalue weighted by molar-refractivity contribution is 5.70. The highest BCUT2D eigenvalue weighted by Crippen LogP contribution is 2.49. The topological polar surface area (TPSA) is 57.8 Å². The van der Waals surface area contributed by atoms with Gasteiger partial charge < -0.3 is 14.4 Å². The number of imidazole rings is 1. The minimum absolute atomic E-state index is 0.175. The molecule has 6 rings (SSSR count). The van der Waals surface area contributed by atoms with E-state index < -0.39 is 5.97 Å². The van der Waals surface area contributed by atoms with Crippen LogP contribution in [0.1, 0.15) is 80.7 Å². The second kappa shape index (κ2) is 10.8. The maximum absolute atomic E-state index is 14.2. The van der Waals surface area contributed by atoms with Crippen LogP contribution in [0, 0.1) is 29.5 Å². The van der Waals surface area contributed by atoms with E-state index >= 15 is 0 Å². The number of benzene rings is 1. The summed E-state index contributed by atoms with van der Waals surface area (Å²) in [5, 5.41) is 10.1. The number of fused-ring (bicyclic) bond motifs is 1. The molecule has 1 aromatic carbocycles. The molecule has 202 valence electrons. The molecular weight excluding hydrogens is 477 g/mol. The quantitative estimate of drug-likeness (QED) is 0.351. The number of carboxylic acids is 1. The standard InChI is InChI=1S/C32H40FN3O2/c1-2-29-31(36-13-4-3-8-30(36)34-29)22-11-14-35(15-12-22)20-25-17-24(28(32(37)38)16-21-9-10-21)19-27(25)23-6-5-7-26(33)18-23/h3-8,13,18,21-22,24-25,27-28H,2,9-12,14-17,19-20H2,1H3,(H,37,38)/t24?,25?,27-,28?/m1/s1. The molecule has 2 saturated carbocycles. The zero-order valence-corrected chi connectivity index (χ0v) is 22.4. The van der Waals surface area contributed by atoms with Crippen molar-refractivity contribution < 1.29 is 14.3 Å². The number of hydrogen-bond acceptors (Lipinski definition) is 3. The Hall–Kier alpha value is -2.73. The molecule has 6 heteroatoms. The average molecular weight is 518 g/mol. The molecule has 2 aliphatic carbocycles. The lowest BCUT2D eigenvalue weighted by molar-refractivity contribution is -0.144. The van der Waals surface area contributed by atoms with E-state index in [9.17, 15) is 14.3 Å². The number of aliphatic carboxylic acids is 1. The van der Waals surface area contributed by atoms with Crippen molar-refractivity contribution in [2.24, 2.45) is 23.7 Å². The summed E-state index contributed by atoms with van der Waals surface area (Å²) in [5.74, 6) is 0.755. The van der Waals surface area contributed by atoms with Crippen LogP contribution >= 0.6 is 0 Å². The number of halogens is 1. The van der Waals surface area contributed by atoms with Crippen LogP contribution in [0.25, 0.3) is 5.65 Å². The molecule has 3 unspecified atom stereocenters. The average Bonchev–Trinajstić information content (AvgIpc) is 3.53. The molecule has 1 N–H and O–H groups in total. The molecule has 0 radical (unpaired) electrons. The molecule has 2 aromatic heterocycles. The molecule has 38 heavy (non-hydrogen) atoms. The van der Waals surface area contributed by atoms with Gasteiger partial charge in [0.15, 0.2) is 0 Å². The maximum Gasteiger partial charge on any atom is 0.306 e. The first-order valence-electron chi connectivity index (χ1n) is 14.7. The predicted molar refractivity (Wildman–Crippen MR) is 147 cm³/mol. The number of nitrogens with zero attached hydrogens (tertiary/aromatic N) is 3. The number of aryl methyl sites for hydroxylation is 1. The summed E-state index contributed by atoms with van der Waals surface area (Å²) in [7, 11) is 0. The largest absolute Gasteiger partial charge is 0.481 e. The molecule has 0 amide bonds. The highest BCUT2D eigenvalue weighted by atomic mass is 19.1. The van der Waals surface area contributed by atoms with Crippen LogP contribution in [-0.4, -0.2) is 45.0 Å². The maximum atomic E-state index is 14.2. The third-order valence-corrected chi connectivity index (χ3v) is 9.62. The van der Waals surface area contributed by atoms with Gasteiger partial charge in [-0.3, -0.25) is 4.79 Å². The van der Waals surface area contributed by atoms with Crippen molar-refractivity contribution in [1.29, 1.82) is 0 Å². The predicted octanol–water partition coefficient (Wildman–Crippen LogP) is 6.53. The van der Waals surface area contributed by atoms with E-state index in [2.05, 4.69) is 40.6 Å². The molecule has 3 heterocycles. The SMILES string of the molecule is CCc1nc2ccccn2c1C1CCN(CC2CC(C(CC3CC3)C(=O)O)C[C@@H]2c2cccc(F)c2)CC1. The second-order valence-electron chi connectivity index (χ2n) is 12.1. The van der Waals surface area contributed by atoms with Crippen LogP contribution in [-0.2, 0) is 11.2 Å². The van der Waals surface area contributed by atoms with Crippen LogP contribution in [0.5, 0.6) is 0 Å². The van der Waals surface area contributed by atoms with E-state index in [1.165, 1.54) is 30.3 Å². The van der Waals surface area contributed by atoms with Gasteiger partial charge in [0.25, 0.3) is 0 Å². The summed E-state index contributed by atoms with van der Waals surface area (Å²) in [5.41, 5.74) is 4.68. The number of aromatic nitrogens is 2. The minimum atomic E-state index is -0.638. The van der Waals surface area contributed by atoms with Gasteiger partial charge in [0.2, 0.25) is 0 Å². The second-order valence-corrected chi connectivity index (χ2v) is 12.1. The Morgan fingerprint density at radius 1 is 1.11 bits per heavy atom. The Morgan fingerprint density at radius 3 is 2.63 bits per heavy atom. The van der Waals surface area contributed by atoms with Crippen molar-refractivity contribution >= 4 is 11.6 Å². The van der Waals surface area contributed by atoms with E-state index in [0.717, 1.165) is 69.4 Å². The third kappa shape index (κ3) is 5.25. The normalized spacial score (nSPS) is 25.7. The lowest BCUT2D eigenvalue weighted by atomic mass is 9.85. The number of likely N-dealkylation sites (tertiary alicyclic amines) is 1. The van der Waals surface area contributed by atoms with Crippen LogP contribution < -0.4 is 0 Å². The molecule has 3 aliphatic rings. The Bertz CT molecular complexity index is 1280.